The molecule has 2 rings (SSSR count). The standard InChI is InChI=1S/C16H32N2O/c1-13(2)14-6-4-8-16(10-14,11-17)18-12-15(3)7-5-9-19-15/h13-14,18H,4-12,17H2,1-3H3. The van der Waals surface area contributed by atoms with Crippen LogP contribution in [0.2, 0.25) is 0 Å². The molecule has 0 spiro atoms. The minimum absolute atomic E-state index is 0.0347. The van der Waals surface area contributed by atoms with Crippen LogP contribution < -0.4 is 11.1 Å². The third-order valence-electron chi connectivity index (χ3n) is 5.35. The van der Waals surface area contributed by atoms with Crippen molar-refractivity contribution in [1.29, 1.82) is 0 Å². The van der Waals surface area contributed by atoms with E-state index in [1.165, 1.54) is 38.5 Å². The van der Waals surface area contributed by atoms with Crippen molar-refractivity contribution in [3.63, 3.8) is 0 Å². The third-order valence-corrected chi connectivity index (χ3v) is 5.35. The summed E-state index contributed by atoms with van der Waals surface area (Å²) in [4.78, 5) is 0. The molecule has 1 saturated heterocycles. The van der Waals surface area contributed by atoms with Gasteiger partial charge in [0.05, 0.1) is 5.60 Å². The summed E-state index contributed by atoms with van der Waals surface area (Å²) in [6.45, 7) is 9.56. The summed E-state index contributed by atoms with van der Waals surface area (Å²) in [5.74, 6) is 1.59. The van der Waals surface area contributed by atoms with Gasteiger partial charge in [-0.3, -0.25) is 0 Å². The van der Waals surface area contributed by atoms with Gasteiger partial charge in [-0.05, 0) is 44.4 Å². The average molecular weight is 268 g/mol. The zero-order chi connectivity index (χ0) is 13.9. The molecular formula is C16H32N2O. The first-order valence-electron chi connectivity index (χ1n) is 8.08. The molecule has 0 aromatic rings. The SMILES string of the molecule is CC(C)C1CCCC(CN)(NCC2(C)CCCO2)C1. The topological polar surface area (TPSA) is 47.3 Å². The second-order valence-electron chi connectivity index (χ2n) is 7.34. The first-order valence-corrected chi connectivity index (χ1v) is 8.08. The number of ether oxygens (including phenoxy) is 1. The van der Waals surface area contributed by atoms with Crippen LogP contribution in [-0.2, 0) is 4.74 Å². The molecule has 3 nitrogen and oxygen atoms in total. The molecule has 1 aliphatic carbocycles. The number of nitrogens with two attached hydrogens (primary N) is 1. The Hall–Kier alpha value is -0.120. The van der Waals surface area contributed by atoms with Gasteiger partial charge in [0, 0.05) is 25.2 Å². The van der Waals surface area contributed by atoms with Crippen LogP contribution in [-0.4, -0.2) is 30.8 Å². The summed E-state index contributed by atoms with van der Waals surface area (Å²) in [6.07, 6.45) is 7.51. The van der Waals surface area contributed by atoms with Crippen LogP contribution in [0.4, 0.5) is 0 Å². The van der Waals surface area contributed by atoms with E-state index in [1.54, 1.807) is 0 Å². The van der Waals surface area contributed by atoms with Crippen molar-refractivity contribution in [1.82, 2.24) is 5.32 Å². The molecule has 3 N–H and O–H groups in total. The Labute approximate surface area is 118 Å². The second-order valence-corrected chi connectivity index (χ2v) is 7.34. The van der Waals surface area contributed by atoms with E-state index in [0.717, 1.165) is 31.5 Å². The van der Waals surface area contributed by atoms with E-state index in [9.17, 15) is 0 Å². The highest BCUT2D eigenvalue weighted by Crippen LogP contribution is 2.36. The zero-order valence-electron chi connectivity index (χ0n) is 13.0. The van der Waals surface area contributed by atoms with Crippen molar-refractivity contribution in [2.45, 2.75) is 70.4 Å². The van der Waals surface area contributed by atoms with Gasteiger partial charge >= 0.3 is 0 Å². The molecule has 19 heavy (non-hydrogen) atoms. The van der Waals surface area contributed by atoms with E-state index >= 15 is 0 Å². The van der Waals surface area contributed by atoms with Crippen LogP contribution in [0.25, 0.3) is 0 Å². The van der Waals surface area contributed by atoms with Gasteiger partial charge in [0.2, 0.25) is 0 Å². The summed E-state index contributed by atoms with van der Waals surface area (Å²) in [6, 6.07) is 0. The molecule has 0 aromatic heterocycles. The highest BCUT2D eigenvalue weighted by Gasteiger charge is 2.38. The molecule has 3 heteroatoms. The molecule has 0 aromatic carbocycles. The molecule has 1 saturated carbocycles. The number of nitrogens with one attached hydrogen (secondary N) is 1. The Bertz CT molecular complexity index is 286. The van der Waals surface area contributed by atoms with E-state index in [-0.39, 0.29) is 11.1 Å². The molecule has 3 atom stereocenters. The van der Waals surface area contributed by atoms with E-state index in [0.29, 0.717) is 0 Å². The van der Waals surface area contributed by atoms with Crippen LogP contribution in [0.3, 0.4) is 0 Å². The monoisotopic (exact) mass is 268 g/mol. The van der Waals surface area contributed by atoms with Crippen molar-refractivity contribution in [2.24, 2.45) is 17.6 Å². The molecule has 0 radical (unpaired) electrons. The summed E-state index contributed by atoms with van der Waals surface area (Å²) >= 11 is 0. The fraction of sp³-hybridized carbons (Fsp3) is 1.00. The van der Waals surface area contributed by atoms with Crippen LogP contribution in [0.5, 0.6) is 0 Å². The lowest BCUT2D eigenvalue weighted by Crippen LogP contribution is -2.57. The number of hydrogen-bond donors (Lipinski definition) is 2. The molecular weight excluding hydrogens is 236 g/mol. The van der Waals surface area contributed by atoms with Gasteiger partial charge < -0.3 is 15.8 Å². The molecule has 1 heterocycles. The lowest BCUT2D eigenvalue weighted by atomic mass is 9.71. The second kappa shape index (κ2) is 6.11. The van der Waals surface area contributed by atoms with Crippen LogP contribution in [0.1, 0.15) is 59.3 Å². The Morgan fingerprint density at radius 1 is 1.32 bits per heavy atom. The maximum absolute atomic E-state index is 6.13. The normalized spacial score (nSPS) is 39.9. The van der Waals surface area contributed by atoms with Gasteiger partial charge in [-0.15, -0.1) is 0 Å². The predicted octanol–water partition coefficient (Wildman–Crippen LogP) is 2.69. The quantitative estimate of drug-likeness (QED) is 0.806. The van der Waals surface area contributed by atoms with E-state index in [2.05, 4.69) is 26.1 Å². The molecule has 2 fully saturated rings. The number of rotatable bonds is 5. The van der Waals surface area contributed by atoms with E-state index in [1.807, 2.05) is 0 Å². The van der Waals surface area contributed by atoms with E-state index in [4.69, 9.17) is 10.5 Å². The Morgan fingerprint density at radius 2 is 2.11 bits per heavy atom. The molecule has 3 unspecified atom stereocenters. The number of hydrogen-bond acceptors (Lipinski definition) is 3. The fourth-order valence-electron chi connectivity index (χ4n) is 3.75. The lowest BCUT2D eigenvalue weighted by Gasteiger charge is -2.44. The Morgan fingerprint density at radius 3 is 2.68 bits per heavy atom. The smallest absolute Gasteiger partial charge is 0.0779 e. The summed E-state index contributed by atoms with van der Waals surface area (Å²) < 4.78 is 5.89. The minimum Gasteiger partial charge on any atom is -0.374 e. The first kappa shape index (κ1) is 15.3. The van der Waals surface area contributed by atoms with Crippen molar-refractivity contribution in [3.05, 3.63) is 0 Å². The van der Waals surface area contributed by atoms with Crippen LogP contribution in [0.15, 0.2) is 0 Å². The largest absolute Gasteiger partial charge is 0.374 e. The first-order chi connectivity index (χ1) is 8.99. The molecule has 112 valence electrons. The molecule has 0 bridgehead atoms. The maximum Gasteiger partial charge on any atom is 0.0779 e. The third kappa shape index (κ3) is 3.71. The van der Waals surface area contributed by atoms with Gasteiger partial charge in [0.25, 0.3) is 0 Å². The van der Waals surface area contributed by atoms with Gasteiger partial charge in [-0.25, -0.2) is 0 Å². The van der Waals surface area contributed by atoms with Crippen molar-refractivity contribution < 1.29 is 4.74 Å². The molecule has 0 amide bonds. The van der Waals surface area contributed by atoms with Gasteiger partial charge in [-0.2, -0.15) is 0 Å². The predicted molar refractivity (Wildman–Crippen MR) is 80.2 cm³/mol. The highest BCUT2D eigenvalue weighted by molar-refractivity contribution is 4.97. The van der Waals surface area contributed by atoms with Crippen LogP contribution >= 0.6 is 0 Å². The summed E-state index contributed by atoms with van der Waals surface area (Å²) in [5, 5.41) is 3.80. The molecule has 2 aliphatic rings. The Balaban J connectivity index is 1.93. The lowest BCUT2D eigenvalue weighted by molar-refractivity contribution is 0.00914. The van der Waals surface area contributed by atoms with Crippen molar-refractivity contribution >= 4 is 0 Å². The fourth-order valence-corrected chi connectivity index (χ4v) is 3.75. The van der Waals surface area contributed by atoms with Gasteiger partial charge in [-0.1, -0.05) is 26.7 Å². The Kier molecular flexibility index (Phi) is 4.91. The highest BCUT2D eigenvalue weighted by atomic mass is 16.5. The average Bonchev–Trinajstić information content (AvgIpc) is 2.84. The van der Waals surface area contributed by atoms with Gasteiger partial charge in [0.15, 0.2) is 0 Å². The van der Waals surface area contributed by atoms with Gasteiger partial charge in [0.1, 0.15) is 0 Å². The minimum atomic E-state index is 0.0347. The zero-order valence-corrected chi connectivity index (χ0v) is 13.0. The van der Waals surface area contributed by atoms with Crippen molar-refractivity contribution in [2.75, 3.05) is 19.7 Å². The van der Waals surface area contributed by atoms with Crippen LogP contribution in [0, 0.1) is 11.8 Å². The van der Waals surface area contributed by atoms with Crippen molar-refractivity contribution in [3.8, 4) is 0 Å². The van der Waals surface area contributed by atoms with E-state index < -0.39 is 0 Å². The molecule has 1 aliphatic heterocycles. The summed E-state index contributed by atoms with van der Waals surface area (Å²) in [7, 11) is 0. The maximum atomic E-state index is 6.13. The summed E-state index contributed by atoms with van der Waals surface area (Å²) in [5.41, 5.74) is 6.31.